The van der Waals surface area contributed by atoms with Gasteiger partial charge in [-0.05, 0) is 23.6 Å². The fourth-order valence-electron chi connectivity index (χ4n) is 3.27. The standard InChI is InChI=1S/C20H21N5O4S/c1-28-7-8-29-15-5-3-2-4-13(15)16-17-14(6-9-30-17)19(24-23-16)22-12-10-25(11-12)20(27)18(21)26/h2-6,9,12H,7-8,10-11H2,1H3,(H2,21,26)(H,22,24). The number of primary amides is 1. The van der Waals surface area contributed by atoms with Crippen LogP contribution in [0.15, 0.2) is 35.7 Å². The van der Waals surface area contributed by atoms with Gasteiger partial charge in [-0.1, -0.05) is 12.1 Å². The number of nitrogens with two attached hydrogens (primary N) is 1. The number of likely N-dealkylation sites (tertiary alicyclic amines) is 1. The molecule has 10 heteroatoms. The number of nitrogens with zero attached hydrogens (tertiary/aromatic N) is 3. The molecule has 1 saturated heterocycles. The van der Waals surface area contributed by atoms with Crippen molar-refractivity contribution in [2.75, 3.05) is 38.7 Å². The summed E-state index contributed by atoms with van der Waals surface area (Å²) in [5.41, 5.74) is 6.65. The second kappa shape index (κ2) is 8.64. The number of carbonyl (C=O) groups excluding carboxylic acids is 2. The summed E-state index contributed by atoms with van der Waals surface area (Å²) in [5.74, 6) is -0.243. The number of rotatable bonds is 7. The minimum Gasteiger partial charge on any atom is -0.490 e. The van der Waals surface area contributed by atoms with Crippen LogP contribution in [0.2, 0.25) is 0 Å². The molecule has 0 unspecified atom stereocenters. The van der Waals surface area contributed by atoms with Gasteiger partial charge in [0.15, 0.2) is 5.82 Å². The summed E-state index contributed by atoms with van der Waals surface area (Å²) in [6.45, 7) is 1.73. The first-order valence-electron chi connectivity index (χ1n) is 9.38. The second-order valence-electron chi connectivity index (χ2n) is 6.81. The van der Waals surface area contributed by atoms with Gasteiger partial charge in [0.1, 0.15) is 18.1 Å². The molecular weight excluding hydrogens is 406 g/mol. The van der Waals surface area contributed by atoms with Crippen LogP contribution in [0.4, 0.5) is 5.82 Å². The molecule has 0 aliphatic carbocycles. The average Bonchev–Trinajstić information content (AvgIpc) is 3.21. The Bertz CT molecular complexity index is 1080. The van der Waals surface area contributed by atoms with Crippen molar-refractivity contribution in [3.8, 4) is 17.0 Å². The van der Waals surface area contributed by atoms with E-state index in [0.717, 1.165) is 27.1 Å². The highest BCUT2D eigenvalue weighted by atomic mass is 32.1. The van der Waals surface area contributed by atoms with E-state index in [9.17, 15) is 9.59 Å². The van der Waals surface area contributed by atoms with Crippen LogP contribution in [-0.2, 0) is 14.3 Å². The van der Waals surface area contributed by atoms with E-state index in [1.165, 1.54) is 4.90 Å². The van der Waals surface area contributed by atoms with E-state index >= 15 is 0 Å². The first-order valence-corrected chi connectivity index (χ1v) is 10.3. The third-order valence-electron chi connectivity index (χ3n) is 4.79. The molecule has 2 amide bonds. The van der Waals surface area contributed by atoms with Crippen molar-refractivity contribution in [2.24, 2.45) is 5.73 Å². The largest absolute Gasteiger partial charge is 0.490 e. The second-order valence-corrected chi connectivity index (χ2v) is 7.73. The summed E-state index contributed by atoms with van der Waals surface area (Å²) in [6, 6.07) is 9.68. The molecule has 0 atom stereocenters. The zero-order valence-electron chi connectivity index (χ0n) is 16.3. The molecule has 4 rings (SSSR count). The topological polar surface area (TPSA) is 120 Å². The van der Waals surface area contributed by atoms with Crippen LogP contribution in [0, 0.1) is 0 Å². The van der Waals surface area contributed by atoms with Crippen molar-refractivity contribution in [1.29, 1.82) is 0 Å². The molecule has 2 aromatic heterocycles. The van der Waals surface area contributed by atoms with Crippen molar-refractivity contribution in [3.05, 3.63) is 35.7 Å². The lowest BCUT2D eigenvalue weighted by atomic mass is 10.1. The zero-order valence-corrected chi connectivity index (χ0v) is 17.1. The van der Waals surface area contributed by atoms with Crippen LogP contribution >= 0.6 is 11.3 Å². The SMILES string of the molecule is COCCOc1ccccc1-c1nnc(NC2CN(C(=O)C(N)=O)C2)c2ccsc12. The van der Waals surface area contributed by atoms with Gasteiger partial charge in [-0.25, -0.2) is 0 Å². The smallest absolute Gasteiger partial charge is 0.311 e. The quantitative estimate of drug-likeness (QED) is 0.433. The van der Waals surface area contributed by atoms with E-state index in [0.29, 0.717) is 32.1 Å². The Morgan fingerprint density at radius 1 is 1.23 bits per heavy atom. The van der Waals surface area contributed by atoms with Crippen molar-refractivity contribution in [3.63, 3.8) is 0 Å². The van der Waals surface area contributed by atoms with Crippen LogP contribution in [0.3, 0.4) is 0 Å². The van der Waals surface area contributed by atoms with Crippen LogP contribution in [0.25, 0.3) is 21.3 Å². The third-order valence-corrected chi connectivity index (χ3v) is 5.71. The number of anilines is 1. The molecule has 3 N–H and O–H groups in total. The molecule has 0 radical (unpaired) electrons. The normalized spacial score (nSPS) is 13.8. The Morgan fingerprint density at radius 3 is 2.80 bits per heavy atom. The summed E-state index contributed by atoms with van der Waals surface area (Å²) in [6.07, 6.45) is 0. The number of carbonyl (C=O) groups is 2. The van der Waals surface area contributed by atoms with E-state index in [-0.39, 0.29) is 6.04 Å². The number of amides is 2. The predicted molar refractivity (Wildman–Crippen MR) is 113 cm³/mol. The highest BCUT2D eigenvalue weighted by Gasteiger charge is 2.33. The molecule has 1 aliphatic rings. The first kappa shape index (κ1) is 20.0. The molecule has 156 valence electrons. The van der Waals surface area contributed by atoms with Crippen LogP contribution in [-0.4, -0.2) is 66.4 Å². The van der Waals surface area contributed by atoms with Gasteiger partial charge >= 0.3 is 11.8 Å². The highest BCUT2D eigenvalue weighted by Crippen LogP contribution is 2.38. The number of ether oxygens (including phenoxy) is 2. The van der Waals surface area contributed by atoms with Crippen LogP contribution in [0.5, 0.6) is 5.75 Å². The van der Waals surface area contributed by atoms with Gasteiger partial charge in [0.05, 0.1) is 17.3 Å². The molecule has 0 bridgehead atoms. The molecule has 3 heterocycles. The van der Waals surface area contributed by atoms with Gasteiger partial charge < -0.3 is 25.4 Å². The molecule has 1 aliphatic heterocycles. The van der Waals surface area contributed by atoms with Gasteiger partial charge in [-0.2, -0.15) is 0 Å². The van der Waals surface area contributed by atoms with Crippen molar-refractivity contribution < 1.29 is 19.1 Å². The Hall–Kier alpha value is -3.24. The number of fused-ring (bicyclic) bond motifs is 1. The lowest BCUT2D eigenvalue weighted by molar-refractivity contribution is -0.146. The van der Waals surface area contributed by atoms with Gasteiger partial charge in [0, 0.05) is 31.1 Å². The zero-order chi connectivity index (χ0) is 21.1. The highest BCUT2D eigenvalue weighted by molar-refractivity contribution is 7.17. The Kier molecular flexibility index (Phi) is 5.77. The van der Waals surface area contributed by atoms with Crippen molar-refractivity contribution >= 4 is 39.1 Å². The number of thiophene rings is 1. The summed E-state index contributed by atoms with van der Waals surface area (Å²) < 4.78 is 11.9. The first-order chi connectivity index (χ1) is 14.6. The van der Waals surface area contributed by atoms with Crippen LogP contribution in [0.1, 0.15) is 0 Å². The Balaban J connectivity index is 1.56. The number of nitrogens with one attached hydrogen (secondary N) is 1. The minimum absolute atomic E-state index is 0.0128. The van der Waals surface area contributed by atoms with Gasteiger partial charge in [-0.15, -0.1) is 21.5 Å². The lowest BCUT2D eigenvalue weighted by Gasteiger charge is -2.38. The average molecular weight is 427 g/mol. The van der Waals surface area contributed by atoms with Gasteiger partial charge in [0.25, 0.3) is 0 Å². The number of hydrogen-bond donors (Lipinski definition) is 2. The molecule has 0 spiro atoms. The van der Waals surface area contributed by atoms with Crippen molar-refractivity contribution in [1.82, 2.24) is 15.1 Å². The number of methoxy groups -OCH3 is 1. The number of aromatic nitrogens is 2. The summed E-state index contributed by atoms with van der Waals surface area (Å²) in [5, 5.41) is 15.1. The molecule has 1 aromatic carbocycles. The van der Waals surface area contributed by atoms with Gasteiger partial charge in [-0.3, -0.25) is 9.59 Å². The fourth-order valence-corrected chi connectivity index (χ4v) is 4.16. The monoisotopic (exact) mass is 427 g/mol. The van der Waals surface area contributed by atoms with Crippen LogP contribution < -0.4 is 15.8 Å². The predicted octanol–water partition coefficient (Wildman–Crippen LogP) is 1.49. The van der Waals surface area contributed by atoms with E-state index in [4.69, 9.17) is 15.2 Å². The van der Waals surface area contributed by atoms with E-state index in [1.807, 2.05) is 35.7 Å². The maximum Gasteiger partial charge on any atom is 0.311 e. The van der Waals surface area contributed by atoms with E-state index in [2.05, 4.69) is 15.5 Å². The third kappa shape index (κ3) is 3.91. The van der Waals surface area contributed by atoms with Crippen molar-refractivity contribution in [2.45, 2.75) is 6.04 Å². The fraction of sp³-hybridized carbons (Fsp3) is 0.300. The Labute approximate surface area is 176 Å². The maximum absolute atomic E-state index is 11.6. The minimum atomic E-state index is -0.941. The summed E-state index contributed by atoms with van der Waals surface area (Å²) >= 11 is 1.57. The molecule has 1 fully saturated rings. The molecular formula is C20H21N5O4S. The number of hydrogen-bond acceptors (Lipinski definition) is 8. The summed E-state index contributed by atoms with van der Waals surface area (Å²) in [7, 11) is 1.63. The van der Waals surface area contributed by atoms with E-state index < -0.39 is 11.8 Å². The number of para-hydroxylation sites is 1. The molecule has 0 saturated carbocycles. The molecule has 30 heavy (non-hydrogen) atoms. The Morgan fingerprint density at radius 2 is 2.03 bits per heavy atom. The maximum atomic E-state index is 11.6. The number of benzene rings is 1. The van der Waals surface area contributed by atoms with E-state index in [1.54, 1.807) is 18.4 Å². The molecule has 9 nitrogen and oxygen atoms in total. The van der Waals surface area contributed by atoms with Gasteiger partial charge in [0.2, 0.25) is 0 Å². The lowest BCUT2D eigenvalue weighted by Crippen LogP contribution is -2.59. The summed E-state index contributed by atoms with van der Waals surface area (Å²) in [4.78, 5) is 24.0. The molecule has 3 aromatic rings.